The molecule has 0 atom stereocenters. The standard InChI is InChI=1S/C18H15F2N5O2/c19-13-2-1-11(7-14(13)20)9-22-16-8-15(12-3-5-21-6-4-12)24-18(25-16)23-10-17(26)27/h1-8H,9-10H2,(H,26,27)(H2,22,23,24,25). The molecule has 0 aliphatic rings. The number of rotatable bonds is 7. The smallest absolute Gasteiger partial charge is 0.322 e. The van der Waals surface area contributed by atoms with Crippen LogP contribution in [0.4, 0.5) is 20.5 Å². The van der Waals surface area contributed by atoms with Gasteiger partial charge in [0.15, 0.2) is 11.6 Å². The van der Waals surface area contributed by atoms with Crippen molar-refractivity contribution < 1.29 is 18.7 Å². The molecule has 0 saturated heterocycles. The van der Waals surface area contributed by atoms with E-state index in [9.17, 15) is 13.6 Å². The number of carboxylic acid groups (broad SMARTS) is 1. The summed E-state index contributed by atoms with van der Waals surface area (Å²) in [5.41, 5.74) is 1.84. The molecular formula is C18H15F2N5O2. The fourth-order valence-electron chi connectivity index (χ4n) is 2.28. The number of hydrogen-bond donors (Lipinski definition) is 3. The number of benzene rings is 1. The summed E-state index contributed by atoms with van der Waals surface area (Å²) in [6.45, 7) is -0.148. The fourth-order valence-corrected chi connectivity index (χ4v) is 2.28. The Morgan fingerprint density at radius 1 is 1.00 bits per heavy atom. The van der Waals surface area contributed by atoms with Gasteiger partial charge in [0.05, 0.1) is 5.69 Å². The number of carboxylic acids is 1. The molecule has 0 fully saturated rings. The van der Waals surface area contributed by atoms with Gasteiger partial charge < -0.3 is 15.7 Å². The Hall–Kier alpha value is -3.62. The molecule has 0 aliphatic carbocycles. The number of pyridine rings is 1. The molecule has 0 aliphatic heterocycles. The zero-order chi connectivity index (χ0) is 19.2. The molecule has 7 nitrogen and oxygen atoms in total. The van der Waals surface area contributed by atoms with E-state index in [2.05, 4.69) is 25.6 Å². The fraction of sp³-hybridized carbons (Fsp3) is 0.111. The van der Waals surface area contributed by atoms with Crippen LogP contribution in [0.25, 0.3) is 11.3 Å². The highest BCUT2D eigenvalue weighted by Gasteiger charge is 2.09. The second kappa shape index (κ2) is 8.17. The van der Waals surface area contributed by atoms with Gasteiger partial charge in [-0.25, -0.2) is 13.8 Å². The Morgan fingerprint density at radius 2 is 1.78 bits per heavy atom. The minimum atomic E-state index is -1.05. The van der Waals surface area contributed by atoms with Crippen LogP contribution in [0.1, 0.15) is 5.56 Å². The van der Waals surface area contributed by atoms with Crippen LogP contribution >= 0.6 is 0 Å². The summed E-state index contributed by atoms with van der Waals surface area (Å²) >= 11 is 0. The summed E-state index contributed by atoms with van der Waals surface area (Å²) in [6.07, 6.45) is 3.21. The lowest BCUT2D eigenvalue weighted by atomic mass is 10.2. The lowest BCUT2D eigenvalue weighted by Crippen LogP contribution is -2.15. The van der Waals surface area contributed by atoms with Crippen LogP contribution < -0.4 is 10.6 Å². The third kappa shape index (κ3) is 4.94. The summed E-state index contributed by atoms with van der Waals surface area (Å²) in [6, 6.07) is 8.78. The summed E-state index contributed by atoms with van der Waals surface area (Å²) < 4.78 is 26.4. The highest BCUT2D eigenvalue weighted by atomic mass is 19.2. The van der Waals surface area contributed by atoms with Gasteiger partial charge in [-0.1, -0.05) is 6.07 Å². The molecule has 0 saturated carbocycles. The SMILES string of the molecule is O=C(O)CNc1nc(NCc2ccc(F)c(F)c2)cc(-c2ccncc2)n1. The molecule has 3 aromatic rings. The molecule has 3 rings (SSSR count). The minimum Gasteiger partial charge on any atom is -0.480 e. The van der Waals surface area contributed by atoms with Crippen molar-refractivity contribution in [1.82, 2.24) is 15.0 Å². The third-order valence-electron chi connectivity index (χ3n) is 3.56. The number of halogens is 2. The molecule has 0 bridgehead atoms. The van der Waals surface area contributed by atoms with Gasteiger partial charge in [-0.15, -0.1) is 0 Å². The predicted octanol–water partition coefficient (Wildman–Crippen LogP) is 2.93. The summed E-state index contributed by atoms with van der Waals surface area (Å²) in [5, 5.41) is 14.4. The van der Waals surface area contributed by atoms with Gasteiger partial charge in [0.2, 0.25) is 5.95 Å². The van der Waals surface area contributed by atoms with Gasteiger partial charge in [-0.05, 0) is 29.8 Å². The van der Waals surface area contributed by atoms with Gasteiger partial charge >= 0.3 is 5.97 Å². The van der Waals surface area contributed by atoms with E-state index in [1.54, 1.807) is 30.6 Å². The van der Waals surface area contributed by atoms with E-state index in [4.69, 9.17) is 5.11 Å². The first-order chi connectivity index (χ1) is 13.0. The molecular weight excluding hydrogens is 356 g/mol. The number of anilines is 2. The molecule has 9 heteroatoms. The highest BCUT2D eigenvalue weighted by Crippen LogP contribution is 2.21. The zero-order valence-corrected chi connectivity index (χ0v) is 14.0. The lowest BCUT2D eigenvalue weighted by Gasteiger charge is -2.11. The van der Waals surface area contributed by atoms with E-state index in [1.165, 1.54) is 6.07 Å². The normalized spacial score (nSPS) is 10.4. The van der Waals surface area contributed by atoms with Crippen LogP contribution in [0.3, 0.4) is 0 Å². The molecule has 2 heterocycles. The van der Waals surface area contributed by atoms with Gasteiger partial charge in [0.25, 0.3) is 0 Å². The number of aromatic nitrogens is 3. The van der Waals surface area contributed by atoms with E-state index >= 15 is 0 Å². The van der Waals surface area contributed by atoms with Crippen molar-refractivity contribution in [2.75, 3.05) is 17.2 Å². The number of nitrogens with one attached hydrogen (secondary N) is 2. The number of hydrogen-bond acceptors (Lipinski definition) is 6. The quantitative estimate of drug-likeness (QED) is 0.587. The van der Waals surface area contributed by atoms with Crippen molar-refractivity contribution in [3.05, 3.63) is 66.0 Å². The molecule has 0 spiro atoms. The van der Waals surface area contributed by atoms with Gasteiger partial charge in [-0.3, -0.25) is 9.78 Å². The van der Waals surface area contributed by atoms with Crippen LogP contribution in [0.2, 0.25) is 0 Å². The van der Waals surface area contributed by atoms with E-state index in [0.717, 1.165) is 17.7 Å². The number of carbonyl (C=O) groups is 1. The van der Waals surface area contributed by atoms with E-state index in [1.807, 2.05) is 0 Å². The lowest BCUT2D eigenvalue weighted by molar-refractivity contribution is -0.134. The van der Waals surface area contributed by atoms with Crippen LogP contribution in [-0.2, 0) is 11.3 Å². The van der Waals surface area contributed by atoms with Crippen LogP contribution in [0.5, 0.6) is 0 Å². The topological polar surface area (TPSA) is 100 Å². The van der Waals surface area contributed by atoms with Gasteiger partial charge in [0.1, 0.15) is 12.4 Å². The summed E-state index contributed by atoms with van der Waals surface area (Å²) in [7, 11) is 0. The second-order valence-corrected chi connectivity index (χ2v) is 5.55. The molecule has 1 aromatic carbocycles. The Bertz CT molecular complexity index is 954. The Labute approximate surface area is 153 Å². The van der Waals surface area contributed by atoms with Crippen molar-refractivity contribution >= 4 is 17.7 Å². The third-order valence-corrected chi connectivity index (χ3v) is 3.56. The van der Waals surface area contributed by atoms with Crippen molar-refractivity contribution in [1.29, 1.82) is 0 Å². The van der Waals surface area contributed by atoms with E-state index in [-0.39, 0.29) is 19.0 Å². The van der Waals surface area contributed by atoms with Crippen molar-refractivity contribution in [3.8, 4) is 11.3 Å². The van der Waals surface area contributed by atoms with Crippen LogP contribution in [-0.4, -0.2) is 32.6 Å². The summed E-state index contributed by atoms with van der Waals surface area (Å²) in [4.78, 5) is 23.2. The Morgan fingerprint density at radius 3 is 2.48 bits per heavy atom. The second-order valence-electron chi connectivity index (χ2n) is 5.55. The molecule has 0 radical (unpaired) electrons. The first-order valence-electron chi connectivity index (χ1n) is 7.94. The van der Waals surface area contributed by atoms with Crippen molar-refractivity contribution in [3.63, 3.8) is 0 Å². The minimum absolute atomic E-state index is 0.125. The maximum atomic E-state index is 13.3. The molecule has 3 N–H and O–H groups in total. The largest absolute Gasteiger partial charge is 0.480 e. The molecule has 0 unspecified atom stereocenters. The monoisotopic (exact) mass is 371 g/mol. The maximum absolute atomic E-state index is 13.3. The Balaban J connectivity index is 1.84. The first-order valence-corrected chi connectivity index (χ1v) is 7.94. The van der Waals surface area contributed by atoms with Crippen molar-refractivity contribution in [2.24, 2.45) is 0 Å². The average Bonchev–Trinajstić information content (AvgIpc) is 2.68. The maximum Gasteiger partial charge on any atom is 0.322 e. The van der Waals surface area contributed by atoms with Gasteiger partial charge in [0, 0.05) is 30.6 Å². The number of aliphatic carboxylic acids is 1. The zero-order valence-electron chi connectivity index (χ0n) is 14.0. The molecule has 138 valence electrons. The van der Waals surface area contributed by atoms with Crippen LogP contribution in [0.15, 0.2) is 48.8 Å². The van der Waals surface area contributed by atoms with E-state index in [0.29, 0.717) is 17.1 Å². The molecule has 0 amide bonds. The van der Waals surface area contributed by atoms with E-state index < -0.39 is 17.6 Å². The highest BCUT2D eigenvalue weighted by molar-refractivity contribution is 5.72. The van der Waals surface area contributed by atoms with Gasteiger partial charge in [-0.2, -0.15) is 4.98 Å². The van der Waals surface area contributed by atoms with Crippen LogP contribution in [0, 0.1) is 11.6 Å². The molecule has 2 aromatic heterocycles. The summed E-state index contributed by atoms with van der Waals surface area (Å²) in [5.74, 6) is -2.38. The average molecular weight is 371 g/mol. The van der Waals surface area contributed by atoms with Crippen molar-refractivity contribution in [2.45, 2.75) is 6.54 Å². The predicted molar refractivity (Wildman–Crippen MR) is 95.1 cm³/mol. The first kappa shape index (κ1) is 18.2. The molecule has 27 heavy (non-hydrogen) atoms. The Kier molecular flexibility index (Phi) is 5.50. The number of nitrogens with zero attached hydrogens (tertiary/aromatic N) is 3.